The summed E-state index contributed by atoms with van der Waals surface area (Å²) in [5.41, 5.74) is 2.56. The Morgan fingerprint density at radius 1 is 0.793 bits per heavy atom. The standard InChI is InChI=1S/C16H39NO5Si7/c1-15(2)16(18)17-12-27(6,7)21-25-22-29(10,11)14-24-20-28(8,9)13-23-19-26(3,4)5/h1,12-14H2,2-11H3,(H,17,18). The van der Waals surface area contributed by atoms with Gasteiger partial charge in [-0.05, 0) is 77.2 Å². The Labute approximate surface area is 190 Å². The molecule has 6 nitrogen and oxygen atoms in total. The van der Waals surface area contributed by atoms with Gasteiger partial charge in [0.1, 0.15) is 0 Å². The van der Waals surface area contributed by atoms with E-state index in [1.54, 1.807) is 6.92 Å². The molecule has 13 heteroatoms. The first-order valence-electron chi connectivity index (χ1n) is 9.81. The van der Waals surface area contributed by atoms with Crippen LogP contribution in [-0.2, 0) is 21.3 Å². The van der Waals surface area contributed by atoms with Crippen LogP contribution >= 0.6 is 0 Å². The van der Waals surface area contributed by atoms with E-state index in [9.17, 15) is 4.79 Å². The van der Waals surface area contributed by atoms with Crippen LogP contribution in [0.15, 0.2) is 12.2 Å². The van der Waals surface area contributed by atoms with E-state index in [1.807, 2.05) is 0 Å². The van der Waals surface area contributed by atoms with Crippen molar-refractivity contribution in [2.75, 3.05) is 6.17 Å². The minimum absolute atomic E-state index is 0.0205. The average Bonchev–Trinajstić information content (AvgIpc) is 2.50. The average molecular weight is 522 g/mol. The van der Waals surface area contributed by atoms with E-state index in [-0.39, 0.29) is 15.9 Å². The summed E-state index contributed by atoms with van der Waals surface area (Å²) in [4.78, 5) is 11.7. The molecule has 0 rings (SSSR count). The van der Waals surface area contributed by atoms with E-state index in [4.69, 9.17) is 16.5 Å². The van der Waals surface area contributed by atoms with Crippen molar-refractivity contribution in [3.63, 3.8) is 0 Å². The van der Waals surface area contributed by atoms with E-state index < -0.39 is 33.3 Å². The van der Waals surface area contributed by atoms with E-state index in [0.717, 1.165) is 11.3 Å². The van der Waals surface area contributed by atoms with Crippen molar-refractivity contribution in [3.8, 4) is 0 Å². The highest BCUT2D eigenvalue weighted by molar-refractivity contribution is 6.86. The highest BCUT2D eigenvalue weighted by atomic mass is 28.4. The van der Waals surface area contributed by atoms with Crippen LogP contribution in [0.25, 0.3) is 0 Å². The molecular formula is C16H39NO5Si7. The van der Waals surface area contributed by atoms with Gasteiger partial charge in [0.2, 0.25) is 25.4 Å². The van der Waals surface area contributed by atoms with E-state index in [1.165, 1.54) is 0 Å². The molecule has 0 fully saturated rings. The number of carbonyl (C=O) groups is 1. The van der Waals surface area contributed by atoms with Gasteiger partial charge in [-0.25, -0.2) is 0 Å². The van der Waals surface area contributed by atoms with Crippen LogP contribution in [0.3, 0.4) is 0 Å². The zero-order chi connectivity index (χ0) is 22.9. The number of amides is 1. The predicted molar refractivity (Wildman–Crippen MR) is 135 cm³/mol. The summed E-state index contributed by atoms with van der Waals surface area (Å²) in [6, 6.07) is 0. The van der Waals surface area contributed by atoms with Crippen LogP contribution in [0.2, 0.25) is 70.3 Å². The number of hydrogen-bond acceptors (Lipinski definition) is 5. The van der Waals surface area contributed by atoms with Gasteiger partial charge < -0.3 is 21.8 Å². The fraction of sp³-hybridized carbons (Fsp3) is 0.812. The van der Waals surface area contributed by atoms with Gasteiger partial charge >= 0.3 is 10.0 Å². The van der Waals surface area contributed by atoms with E-state index in [2.05, 4.69) is 70.8 Å². The van der Waals surface area contributed by atoms with Gasteiger partial charge in [0, 0.05) is 11.7 Å². The lowest BCUT2D eigenvalue weighted by atomic mass is 10.3. The molecule has 0 bridgehead atoms. The molecule has 29 heavy (non-hydrogen) atoms. The Hall–Kier alpha value is 0.568. The molecule has 1 amide bonds. The van der Waals surface area contributed by atoms with Crippen molar-refractivity contribution < 1.29 is 21.3 Å². The smallest absolute Gasteiger partial charge is 0.410 e. The molecule has 0 saturated carbocycles. The quantitative estimate of drug-likeness (QED) is 0.264. The molecule has 1 N–H and O–H groups in total. The van der Waals surface area contributed by atoms with Gasteiger partial charge in [0.15, 0.2) is 33.3 Å². The maximum atomic E-state index is 11.7. The third-order valence-electron chi connectivity index (χ3n) is 3.42. The van der Waals surface area contributed by atoms with Gasteiger partial charge in [-0.1, -0.05) is 6.58 Å². The maximum Gasteiger partial charge on any atom is 0.410 e. The first-order valence-corrected chi connectivity index (χ1v) is 25.6. The summed E-state index contributed by atoms with van der Waals surface area (Å²) in [7, 11) is -5.89. The Kier molecular flexibility index (Phi) is 12.8. The molecular weight excluding hydrogens is 483 g/mol. The second kappa shape index (κ2) is 12.6. The fourth-order valence-electron chi connectivity index (χ4n) is 1.63. The summed E-state index contributed by atoms with van der Waals surface area (Å²) >= 11 is 0. The molecule has 0 aliphatic carbocycles. The number of nitrogens with one attached hydrogen (secondary N) is 1. The molecule has 0 aliphatic rings. The van der Waals surface area contributed by atoms with Gasteiger partial charge in [0.05, 0.1) is 0 Å². The van der Waals surface area contributed by atoms with E-state index in [0.29, 0.717) is 31.3 Å². The molecule has 0 spiro atoms. The highest BCUT2D eigenvalue weighted by Crippen LogP contribution is 2.16. The molecule has 0 saturated heterocycles. The molecule has 0 unspecified atom stereocenters. The molecule has 166 valence electrons. The van der Waals surface area contributed by atoms with Crippen molar-refractivity contribution in [1.82, 2.24) is 5.32 Å². The lowest BCUT2D eigenvalue weighted by molar-refractivity contribution is -0.117. The van der Waals surface area contributed by atoms with Crippen LogP contribution in [-0.4, -0.2) is 74.9 Å². The lowest BCUT2D eigenvalue weighted by Crippen LogP contribution is -2.48. The lowest BCUT2D eigenvalue weighted by Gasteiger charge is -2.28. The zero-order valence-electron chi connectivity index (χ0n) is 19.9. The first kappa shape index (κ1) is 29.6. The van der Waals surface area contributed by atoms with Gasteiger partial charge in [-0.2, -0.15) is 0 Å². The fourth-order valence-corrected chi connectivity index (χ4v) is 14.7. The van der Waals surface area contributed by atoms with Crippen LogP contribution < -0.4 is 5.32 Å². The van der Waals surface area contributed by atoms with E-state index >= 15 is 0 Å². The normalized spacial score (nSPS) is 13.4. The Morgan fingerprint density at radius 3 is 1.72 bits per heavy atom. The van der Waals surface area contributed by atoms with Crippen molar-refractivity contribution in [2.24, 2.45) is 0 Å². The second-order valence-electron chi connectivity index (χ2n) is 9.99. The van der Waals surface area contributed by atoms with Crippen molar-refractivity contribution >= 4 is 68.7 Å². The van der Waals surface area contributed by atoms with Gasteiger partial charge in [0.25, 0.3) is 0 Å². The summed E-state index contributed by atoms with van der Waals surface area (Å²) in [5.74, 6) is -0.117. The van der Waals surface area contributed by atoms with Crippen molar-refractivity contribution in [2.45, 2.75) is 77.2 Å². The van der Waals surface area contributed by atoms with Crippen molar-refractivity contribution in [1.29, 1.82) is 0 Å². The minimum atomic E-state index is -2.00. The second-order valence-corrected chi connectivity index (χ2v) is 32.0. The van der Waals surface area contributed by atoms with Crippen LogP contribution in [0.1, 0.15) is 6.92 Å². The summed E-state index contributed by atoms with van der Waals surface area (Å²) in [6.07, 6.45) is 0.557. The predicted octanol–water partition coefficient (Wildman–Crippen LogP) is 3.42. The summed E-state index contributed by atoms with van der Waals surface area (Å²) < 4.78 is 24.5. The number of carbonyl (C=O) groups excluding carboxylic acids is 1. The minimum Gasteiger partial charge on any atom is -0.456 e. The van der Waals surface area contributed by atoms with Gasteiger partial charge in [-0.3, -0.25) is 4.79 Å². The monoisotopic (exact) mass is 521 g/mol. The summed E-state index contributed by atoms with van der Waals surface area (Å²) in [6.45, 7) is 25.2. The highest BCUT2D eigenvalue weighted by Gasteiger charge is 2.30. The zero-order valence-corrected chi connectivity index (χ0v) is 26.9. The number of rotatable bonds is 15. The van der Waals surface area contributed by atoms with Crippen molar-refractivity contribution in [3.05, 3.63) is 12.2 Å². The third-order valence-corrected chi connectivity index (χ3v) is 23.3. The topological polar surface area (TPSA) is 66.0 Å². The molecule has 0 aromatic heterocycles. The number of hydrogen-bond donors (Lipinski definition) is 1. The SMILES string of the molecule is C=C(C)C(=O)NC[Si](C)(C)O[Si]O[Si](C)(C)C[Si]O[Si](C)(C)C[Si]O[Si](C)(C)C. The van der Waals surface area contributed by atoms with Gasteiger partial charge in [-0.15, -0.1) is 0 Å². The Morgan fingerprint density at radius 2 is 1.24 bits per heavy atom. The summed E-state index contributed by atoms with van der Waals surface area (Å²) in [5, 5.41) is 2.88. The largest absolute Gasteiger partial charge is 0.456 e. The molecule has 0 heterocycles. The van der Waals surface area contributed by atoms with Crippen LogP contribution in [0.4, 0.5) is 0 Å². The molecule has 0 aromatic carbocycles. The molecule has 0 aliphatic heterocycles. The third kappa shape index (κ3) is 16.9. The molecule has 6 radical (unpaired) electrons. The molecule has 0 atom stereocenters. The van der Waals surface area contributed by atoms with Crippen LogP contribution in [0, 0.1) is 0 Å². The van der Waals surface area contributed by atoms with Crippen LogP contribution in [0.5, 0.6) is 0 Å². The molecule has 0 aromatic rings. The Balaban J connectivity index is 4.19. The first-order chi connectivity index (χ1) is 12.9. The Bertz CT molecular complexity index is 538. The maximum absolute atomic E-state index is 11.7.